The Hall–Kier alpha value is -1.88. The fraction of sp³-hybridized carbons (Fsp3) is 0.500. The summed E-state index contributed by atoms with van der Waals surface area (Å²) in [5.74, 6) is 0.0201. The molecule has 1 fully saturated rings. The zero-order valence-corrected chi connectivity index (χ0v) is 12.4. The second-order valence-electron chi connectivity index (χ2n) is 5.59. The van der Waals surface area contributed by atoms with Crippen LogP contribution in [-0.4, -0.2) is 17.9 Å². The molecule has 114 valence electrons. The SMILES string of the molecule is CCC(=O)Nc1ccc(NC(=O)C2CCCC(N)C2)cc1. The number of carbonyl (C=O) groups excluding carboxylic acids is 2. The van der Waals surface area contributed by atoms with Gasteiger partial charge >= 0.3 is 0 Å². The van der Waals surface area contributed by atoms with E-state index >= 15 is 0 Å². The largest absolute Gasteiger partial charge is 0.328 e. The Kier molecular flexibility index (Phi) is 5.33. The van der Waals surface area contributed by atoms with E-state index in [1.165, 1.54) is 0 Å². The van der Waals surface area contributed by atoms with Crippen molar-refractivity contribution in [3.8, 4) is 0 Å². The lowest BCUT2D eigenvalue weighted by Crippen LogP contribution is -2.34. The molecule has 0 spiro atoms. The number of nitrogens with one attached hydrogen (secondary N) is 2. The van der Waals surface area contributed by atoms with E-state index in [-0.39, 0.29) is 23.8 Å². The average molecular weight is 289 g/mol. The predicted octanol–water partition coefficient (Wildman–Crippen LogP) is 2.49. The molecule has 1 aliphatic carbocycles. The number of carbonyl (C=O) groups is 2. The quantitative estimate of drug-likeness (QED) is 0.796. The molecule has 1 aromatic carbocycles. The van der Waals surface area contributed by atoms with Crippen LogP contribution in [0, 0.1) is 5.92 Å². The molecular weight excluding hydrogens is 266 g/mol. The average Bonchev–Trinajstić information content (AvgIpc) is 2.49. The van der Waals surface area contributed by atoms with E-state index in [2.05, 4.69) is 10.6 Å². The van der Waals surface area contributed by atoms with E-state index in [9.17, 15) is 9.59 Å². The first-order chi connectivity index (χ1) is 10.1. The molecule has 21 heavy (non-hydrogen) atoms. The Morgan fingerprint density at radius 2 is 1.76 bits per heavy atom. The minimum absolute atomic E-state index is 0.00761. The second-order valence-corrected chi connectivity index (χ2v) is 5.59. The summed E-state index contributed by atoms with van der Waals surface area (Å²) >= 11 is 0. The summed E-state index contributed by atoms with van der Waals surface area (Å²) < 4.78 is 0. The summed E-state index contributed by atoms with van der Waals surface area (Å²) in [4.78, 5) is 23.5. The summed E-state index contributed by atoms with van der Waals surface area (Å²) in [7, 11) is 0. The summed E-state index contributed by atoms with van der Waals surface area (Å²) in [6.07, 6.45) is 4.14. The molecule has 0 saturated heterocycles. The highest BCUT2D eigenvalue weighted by Crippen LogP contribution is 2.24. The first-order valence-corrected chi connectivity index (χ1v) is 7.55. The first kappa shape index (κ1) is 15.5. The molecule has 1 aliphatic rings. The molecule has 0 bridgehead atoms. The molecule has 5 heteroatoms. The maximum atomic E-state index is 12.2. The highest BCUT2D eigenvalue weighted by molar-refractivity contribution is 5.94. The van der Waals surface area contributed by atoms with Gasteiger partial charge in [0, 0.05) is 29.8 Å². The maximum Gasteiger partial charge on any atom is 0.227 e. The molecule has 0 radical (unpaired) electrons. The fourth-order valence-electron chi connectivity index (χ4n) is 2.60. The number of benzene rings is 1. The van der Waals surface area contributed by atoms with Crippen molar-refractivity contribution in [3.63, 3.8) is 0 Å². The predicted molar refractivity (Wildman–Crippen MR) is 83.9 cm³/mol. The highest BCUT2D eigenvalue weighted by Gasteiger charge is 2.25. The minimum atomic E-state index is -0.0250. The van der Waals surface area contributed by atoms with Crippen molar-refractivity contribution in [2.45, 2.75) is 45.1 Å². The number of nitrogens with two attached hydrogens (primary N) is 1. The molecule has 0 aliphatic heterocycles. The van der Waals surface area contributed by atoms with Crippen LogP contribution in [0.3, 0.4) is 0 Å². The topological polar surface area (TPSA) is 84.2 Å². The van der Waals surface area contributed by atoms with Crippen LogP contribution in [0.4, 0.5) is 11.4 Å². The Morgan fingerprint density at radius 3 is 2.33 bits per heavy atom. The standard InChI is InChI=1S/C16H23N3O2/c1-2-15(20)18-13-6-8-14(9-7-13)19-16(21)11-4-3-5-12(17)10-11/h6-9,11-12H,2-5,10,17H2,1H3,(H,18,20)(H,19,21). The van der Waals surface area contributed by atoms with E-state index in [1.54, 1.807) is 31.2 Å². The summed E-state index contributed by atoms with van der Waals surface area (Å²) in [5.41, 5.74) is 7.40. The van der Waals surface area contributed by atoms with Crippen molar-refractivity contribution in [3.05, 3.63) is 24.3 Å². The van der Waals surface area contributed by atoms with Crippen LogP contribution in [0.2, 0.25) is 0 Å². The van der Waals surface area contributed by atoms with E-state index in [0.717, 1.165) is 37.1 Å². The van der Waals surface area contributed by atoms with Crippen LogP contribution >= 0.6 is 0 Å². The van der Waals surface area contributed by atoms with Crippen LogP contribution in [-0.2, 0) is 9.59 Å². The highest BCUT2D eigenvalue weighted by atomic mass is 16.2. The third-order valence-corrected chi connectivity index (χ3v) is 3.84. The summed E-state index contributed by atoms with van der Waals surface area (Å²) in [6.45, 7) is 1.80. The smallest absolute Gasteiger partial charge is 0.227 e. The second kappa shape index (κ2) is 7.22. The van der Waals surface area contributed by atoms with Gasteiger partial charge in [0.05, 0.1) is 0 Å². The molecule has 1 saturated carbocycles. The Bertz CT molecular complexity index is 499. The molecule has 1 aromatic rings. The number of hydrogen-bond donors (Lipinski definition) is 3. The summed E-state index contributed by atoms with van der Waals surface area (Å²) in [5, 5.41) is 5.69. The van der Waals surface area contributed by atoms with Gasteiger partial charge in [0.25, 0.3) is 0 Å². The molecule has 0 heterocycles. The lowest BCUT2D eigenvalue weighted by Gasteiger charge is -2.25. The molecule has 2 atom stereocenters. The van der Waals surface area contributed by atoms with Gasteiger partial charge in [0.15, 0.2) is 0 Å². The number of hydrogen-bond acceptors (Lipinski definition) is 3. The van der Waals surface area contributed by atoms with Gasteiger partial charge in [-0.1, -0.05) is 13.3 Å². The van der Waals surface area contributed by atoms with E-state index in [0.29, 0.717) is 6.42 Å². The van der Waals surface area contributed by atoms with Gasteiger partial charge in [-0.05, 0) is 43.5 Å². The maximum absolute atomic E-state index is 12.2. The van der Waals surface area contributed by atoms with Gasteiger partial charge in [-0.25, -0.2) is 0 Å². The van der Waals surface area contributed by atoms with Gasteiger partial charge < -0.3 is 16.4 Å². The third kappa shape index (κ3) is 4.56. The Morgan fingerprint density at radius 1 is 1.14 bits per heavy atom. The molecule has 2 amide bonds. The monoisotopic (exact) mass is 289 g/mol. The van der Waals surface area contributed by atoms with Crippen molar-refractivity contribution in [2.75, 3.05) is 10.6 Å². The molecule has 0 aromatic heterocycles. The van der Waals surface area contributed by atoms with Gasteiger partial charge in [-0.3, -0.25) is 9.59 Å². The van der Waals surface area contributed by atoms with Crippen LogP contribution in [0.1, 0.15) is 39.0 Å². The van der Waals surface area contributed by atoms with Crippen molar-refractivity contribution >= 4 is 23.2 Å². The van der Waals surface area contributed by atoms with Crippen molar-refractivity contribution in [1.29, 1.82) is 0 Å². The molecule has 5 nitrogen and oxygen atoms in total. The van der Waals surface area contributed by atoms with E-state index < -0.39 is 0 Å². The van der Waals surface area contributed by atoms with Gasteiger partial charge in [0.2, 0.25) is 11.8 Å². The Labute approximate surface area is 125 Å². The molecular formula is C16H23N3O2. The van der Waals surface area contributed by atoms with E-state index in [4.69, 9.17) is 5.73 Å². The Balaban J connectivity index is 1.90. The molecule has 2 unspecified atom stereocenters. The van der Waals surface area contributed by atoms with Gasteiger partial charge in [-0.15, -0.1) is 0 Å². The van der Waals surface area contributed by atoms with Crippen LogP contribution < -0.4 is 16.4 Å². The number of amides is 2. The van der Waals surface area contributed by atoms with E-state index in [1.807, 2.05) is 0 Å². The van der Waals surface area contributed by atoms with Crippen LogP contribution in [0.25, 0.3) is 0 Å². The van der Waals surface area contributed by atoms with Gasteiger partial charge in [0.1, 0.15) is 0 Å². The zero-order valence-electron chi connectivity index (χ0n) is 12.4. The zero-order chi connectivity index (χ0) is 15.2. The molecule has 4 N–H and O–H groups in total. The van der Waals surface area contributed by atoms with Crippen molar-refractivity contribution < 1.29 is 9.59 Å². The summed E-state index contributed by atoms with van der Waals surface area (Å²) in [6, 6.07) is 7.31. The fourth-order valence-corrected chi connectivity index (χ4v) is 2.60. The van der Waals surface area contributed by atoms with Crippen molar-refractivity contribution in [1.82, 2.24) is 0 Å². The first-order valence-electron chi connectivity index (χ1n) is 7.55. The van der Waals surface area contributed by atoms with Crippen LogP contribution in [0.5, 0.6) is 0 Å². The third-order valence-electron chi connectivity index (χ3n) is 3.84. The number of rotatable bonds is 4. The van der Waals surface area contributed by atoms with Crippen LogP contribution in [0.15, 0.2) is 24.3 Å². The lowest BCUT2D eigenvalue weighted by molar-refractivity contribution is -0.121. The minimum Gasteiger partial charge on any atom is -0.328 e. The lowest BCUT2D eigenvalue weighted by atomic mass is 9.85. The number of anilines is 2. The molecule has 2 rings (SSSR count). The normalized spacial score (nSPS) is 21.6. The van der Waals surface area contributed by atoms with Gasteiger partial charge in [-0.2, -0.15) is 0 Å². The van der Waals surface area contributed by atoms with Crippen molar-refractivity contribution in [2.24, 2.45) is 11.7 Å².